The number of carbonyl (C=O) groups is 1. The van der Waals surface area contributed by atoms with Crippen LogP contribution in [0.5, 0.6) is 0 Å². The van der Waals surface area contributed by atoms with Crippen LogP contribution in [0.4, 0.5) is 5.69 Å². The molecular formula is C24H32N2O2. The number of aliphatic hydroxyl groups excluding tert-OH is 1. The molecule has 0 aliphatic heterocycles. The minimum absolute atomic E-state index is 0.0902. The fourth-order valence-corrected chi connectivity index (χ4v) is 4.10. The van der Waals surface area contributed by atoms with Gasteiger partial charge in [0, 0.05) is 24.6 Å². The zero-order valence-corrected chi connectivity index (χ0v) is 17.4. The Labute approximate surface area is 168 Å². The summed E-state index contributed by atoms with van der Waals surface area (Å²) in [5, 5.41) is 16.7. The van der Waals surface area contributed by atoms with Crippen molar-refractivity contribution in [3.63, 3.8) is 0 Å². The number of hydrogen-bond acceptors (Lipinski definition) is 3. The number of benzene rings is 2. The van der Waals surface area contributed by atoms with Gasteiger partial charge < -0.3 is 15.7 Å². The van der Waals surface area contributed by atoms with Crippen LogP contribution in [0.2, 0.25) is 0 Å². The molecule has 0 aromatic heterocycles. The molecule has 1 aliphatic carbocycles. The Morgan fingerprint density at radius 1 is 0.929 bits per heavy atom. The molecule has 3 N–H and O–H groups in total. The van der Waals surface area contributed by atoms with Gasteiger partial charge in [-0.1, -0.05) is 24.3 Å². The van der Waals surface area contributed by atoms with E-state index in [9.17, 15) is 9.90 Å². The average Bonchev–Trinajstić information content (AvgIpc) is 2.71. The van der Waals surface area contributed by atoms with Gasteiger partial charge >= 0.3 is 0 Å². The highest BCUT2D eigenvalue weighted by Crippen LogP contribution is 2.32. The first-order valence-electron chi connectivity index (χ1n) is 10.2. The Morgan fingerprint density at radius 3 is 2.11 bits per heavy atom. The van der Waals surface area contributed by atoms with Gasteiger partial charge in [-0.05, 0) is 86.4 Å². The highest BCUT2D eigenvalue weighted by atomic mass is 16.3. The second-order valence-electron chi connectivity index (χ2n) is 8.14. The lowest BCUT2D eigenvalue weighted by atomic mass is 9.80. The van der Waals surface area contributed by atoms with Gasteiger partial charge in [-0.25, -0.2) is 0 Å². The maximum absolute atomic E-state index is 11.8. The van der Waals surface area contributed by atoms with Crippen LogP contribution in [0.3, 0.4) is 0 Å². The number of aryl methyl sites for hydroxylation is 3. The number of amides is 1. The Balaban J connectivity index is 1.64. The fraction of sp³-hybridized carbons (Fsp3) is 0.458. The van der Waals surface area contributed by atoms with Crippen LogP contribution in [0.15, 0.2) is 36.4 Å². The molecule has 1 saturated carbocycles. The normalized spacial score (nSPS) is 20.5. The molecule has 150 valence electrons. The van der Waals surface area contributed by atoms with Gasteiger partial charge in [0.15, 0.2) is 0 Å². The summed E-state index contributed by atoms with van der Waals surface area (Å²) in [4.78, 5) is 11.8. The maximum Gasteiger partial charge on any atom is 0.222 e. The van der Waals surface area contributed by atoms with Crippen LogP contribution in [-0.2, 0) is 4.79 Å². The topological polar surface area (TPSA) is 61.4 Å². The van der Waals surface area contributed by atoms with Gasteiger partial charge in [0.2, 0.25) is 5.91 Å². The zero-order chi connectivity index (χ0) is 20.3. The molecule has 0 bridgehead atoms. The monoisotopic (exact) mass is 380 g/mol. The van der Waals surface area contributed by atoms with Crippen LogP contribution < -0.4 is 10.6 Å². The lowest BCUT2D eigenvalue weighted by Gasteiger charge is -2.31. The predicted molar refractivity (Wildman–Crippen MR) is 115 cm³/mol. The van der Waals surface area contributed by atoms with E-state index < -0.39 is 6.23 Å². The standard InChI is InChI=1S/C24H32N2O2/c1-15-5-6-20(13-16(15)2)21-11-12-22(17(3)14-21)26-24(28)19-9-7-18(8-10-19)23(27)25-4/h5-6,11-14,18-19,24,26,28H,7-10H2,1-4H3,(H,25,27). The molecule has 4 nitrogen and oxygen atoms in total. The quantitative estimate of drug-likeness (QED) is 0.666. The number of rotatable bonds is 5. The first-order chi connectivity index (χ1) is 13.4. The Kier molecular flexibility index (Phi) is 6.40. The van der Waals surface area contributed by atoms with Crippen molar-refractivity contribution in [2.24, 2.45) is 11.8 Å². The molecular weight excluding hydrogens is 348 g/mol. The zero-order valence-electron chi connectivity index (χ0n) is 17.4. The molecule has 0 saturated heterocycles. The van der Waals surface area contributed by atoms with E-state index in [-0.39, 0.29) is 17.7 Å². The smallest absolute Gasteiger partial charge is 0.222 e. The summed E-state index contributed by atoms with van der Waals surface area (Å²) < 4.78 is 0. The predicted octanol–water partition coefficient (Wildman–Crippen LogP) is 4.56. The van der Waals surface area contributed by atoms with Crippen molar-refractivity contribution in [3.8, 4) is 11.1 Å². The van der Waals surface area contributed by atoms with Gasteiger partial charge in [-0.2, -0.15) is 0 Å². The van der Waals surface area contributed by atoms with Crippen LogP contribution in [0.1, 0.15) is 42.4 Å². The van der Waals surface area contributed by atoms with E-state index in [0.29, 0.717) is 0 Å². The van der Waals surface area contributed by atoms with Crippen molar-refractivity contribution in [1.82, 2.24) is 5.32 Å². The molecule has 28 heavy (non-hydrogen) atoms. The van der Waals surface area contributed by atoms with Crippen molar-refractivity contribution in [3.05, 3.63) is 53.1 Å². The first-order valence-corrected chi connectivity index (χ1v) is 10.2. The minimum atomic E-state index is -0.586. The Hall–Kier alpha value is -2.33. The Bertz CT molecular complexity index is 838. The summed E-state index contributed by atoms with van der Waals surface area (Å²) in [6.07, 6.45) is 2.83. The maximum atomic E-state index is 11.8. The largest absolute Gasteiger partial charge is 0.374 e. The van der Waals surface area contributed by atoms with Crippen LogP contribution in [-0.4, -0.2) is 24.3 Å². The third-order valence-electron chi connectivity index (χ3n) is 6.21. The summed E-state index contributed by atoms with van der Waals surface area (Å²) in [6.45, 7) is 6.33. The minimum Gasteiger partial charge on any atom is -0.374 e. The fourth-order valence-electron chi connectivity index (χ4n) is 4.10. The SMILES string of the molecule is CNC(=O)C1CCC(C(O)Nc2ccc(-c3ccc(C)c(C)c3)cc2C)CC1. The molecule has 1 amide bonds. The van der Waals surface area contributed by atoms with Gasteiger partial charge in [0.25, 0.3) is 0 Å². The van der Waals surface area contributed by atoms with E-state index in [0.717, 1.165) is 36.9 Å². The Morgan fingerprint density at radius 2 is 1.54 bits per heavy atom. The summed E-state index contributed by atoms with van der Waals surface area (Å²) in [5.74, 6) is 0.394. The van der Waals surface area contributed by atoms with E-state index in [1.807, 2.05) is 0 Å². The summed E-state index contributed by atoms with van der Waals surface area (Å²) in [6, 6.07) is 12.9. The van der Waals surface area contributed by atoms with Crippen LogP contribution in [0.25, 0.3) is 11.1 Å². The average molecular weight is 381 g/mol. The molecule has 0 heterocycles. The highest BCUT2D eigenvalue weighted by molar-refractivity contribution is 5.78. The molecule has 2 aromatic rings. The molecule has 1 atom stereocenters. The van der Waals surface area contributed by atoms with Crippen LogP contribution >= 0.6 is 0 Å². The van der Waals surface area contributed by atoms with Gasteiger partial charge in [-0.3, -0.25) is 4.79 Å². The van der Waals surface area contributed by atoms with Crippen molar-refractivity contribution < 1.29 is 9.90 Å². The van der Waals surface area contributed by atoms with E-state index in [1.54, 1.807) is 7.05 Å². The third-order valence-corrected chi connectivity index (χ3v) is 6.21. The number of hydrogen-bond donors (Lipinski definition) is 3. The molecule has 0 spiro atoms. The molecule has 1 fully saturated rings. The molecule has 3 rings (SSSR count). The first kappa shape index (κ1) is 20.4. The summed E-state index contributed by atoms with van der Waals surface area (Å²) in [5.41, 5.74) is 7.08. The summed E-state index contributed by atoms with van der Waals surface area (Å²) >= 11 is 0. The van der Waals surface area contributed by atoms with E-state index in [4.69, 9.17) is 0 Å². The lowest BCUT2D eigenvalue weighted by molar-refractivity contribution is -0.126. The number of nitrogens with one attached hydrogen (secondary N) is 2. The van der Waals surface area contributed by atoms with E-state index in [1.165, 1.54) is 22.3 Å². The second kappa shape index (κ2) is 8.78. The van der Waals surface area contributed by atoms with E-state index >= 15 is 0 Å². The van der Waals surface area contributed by atoms with Crippen molar-refractivity contribution in [2.75, 3.05) is 12.4 Å². The lowest BCUT2D eigenvalue weighted by Crippen LogP contribution is -2.36. The van der Waals surface area contributed by atoms with Gasteiger partial charge in [-0.15, -0.1) is 0 Å². The molecule has 2 aromatic carbocycles. The van der Waals surface area contributed by atoms with Crippen molar-refractivity contribution >= 4 is 11.6 Å². The molecule has 4 heteroatoms. The second-order valence-corrected chi connectivity index (χ2v) is 8.14. The van der Waals surface area contributed by atoms with Gasteiger partial charge in [0.05, 0.1) is 0 Å². The molecule has 1 aliphatic rings. The number of anilines is 1. The van der Waals surface area contributed by atoms with Crippen molar-refractivity contribution in [1.29, 1.82) is 0 Å². The van der Waals surface area contributed by atoms with Gasteiger partial charge in [0.1, 0.15) is 6.23 Å². The van der Waals surface area contributed by atoms with E-state index in [2.05, 4.69) is 67.8 Å². The van der Waals surface area contributed by atoms with Crippen molar-refractivity contribution in [2.45, 2.75) is 52.7 Å². The number of aliphatic hydroxyl groups is 1. The highest BCUT2D eigenvalue weighted by Gasteiger charge is 2.29. The third kappa shape index (κ3) is 4.56. The number of carbonyl (C=O) groups excluding carboxylic acids is 1. The summed E-state index contributed by atoms with van der Waals surface area (Å²) in [7, 11) is 1.69. The van der Waals surface area contributed by atoms with Crippen LogP contribution in [0, 0.1) is 32.6 Å². The molecule has 0 radical (unpaired) electrons. The molecule has 1 unspecified atom stereocenters.